The lowest BCUT2D eigenvalue weighted by Crippen LogP contribution is -2.32. The van der Waals surface area contributed by atoms with Gasteiger partial charge in [-0.25, -0.2) is 0 Å². The molecule has 3 N–H and O–H groups in total. The molecular weight excluding hydrogens is 372 g/mol. The van der Waals surface area contributed by atoms with Crippen LogP contribution in [0.2, 0.25) is 0 Å². The van der Waals surface area contributed by atoms with E-state index < -0.39 is 17.8 Å². The zero-order chi connectivity index (χ0) is 21.9. The van der Waals surface area contributed by atoms with Gasteiger partial charge in [0, 0.05) is 6.42 Å². The summed E-state index contributed by atoms with van der Waals surface area (Å²) < 4.78 is 0. The summed E-state index contributed by atoms with van der Waals surface area (Å²) in [5, 5.41) is 30.0. The van der Waals surface area contributed by atoms with E-state index in [0.29, 0.717) is 30.1 Å². The predicted octanol–water partition coefficient (Wildman–Crippen LogP) is 5.62. The Hall–Kier alpha value is -1.16. The molecule has 0 radical (unpaired) electrons. The Kier molecular flexibility index (Phi) is 7.48. The molecule has 0 heterocycles. The summed E-state index contributed by atoms with van der Waals surface area (Å²) in [6, 6.07) is 0. The van der Waals surface area contributed by atoms with Crippen LogP contribution in [-0.4, -0.2) is 33.1 Å². The lowest BCUT2D eigenvalue weighted by molar-refractivity contribution is 0.0691. The highest BCUT2D eigenvalue weighted by Gasteiger charge is 2.48. The Morgan fingerprint density at radius 2 is 1.97 bits per heavy atom. The SMILES string of the molecule is C=C1/C(=C\C=C2/CCC[C@]3(C)C(/C=C\CCCC(C)(C)O)CC[C@@H]23)C[C@@H](O)C[C@@H]1O. The van der Waals surface area contributed by atoms with Crippen molar-refractivity contribution < 1.29 is 15.3 Å². The average molecular weight is 415 g/mol. The molecule has 0 aromatic rings. The van der Waals surface area contributed by atoms with Gasteiger partial charge in [-0.3, -0.25) is 0 Å². The van der Waals surface area contributed by atoms with Gasteiger partial charge in [0.2, 0.25) is 0 Å². The van der Waals surface area contributed by atoms with Crippen molar-refractivity contribution in [3.05, 3.63) is 47.6 Å². The molecule has 0 spiro atoms. The van der Waals surface area contributed by atoms with Crippen molar-refractivity contribution in [2.75, 3.05) is 0 Å². The molecule has 168 valence electrons. The summed E-state index contributed by atoms with van der Waals surface area (Å²) in [7, 11) is 0. The van der Waals surface area contributed by atoms with E-state index in [0.717, 1.165) is 36.8 Å². The molecule has 30 heavy (non-hydrogen) atoms. The molecule has 1 unspecified atom stereocenters. The first-order chi connectivity index (χ1) is 14.1. The minimum absolute atomic E-state index is 0.331. The molecule has 0 bridgehead atoms. The van der Waals surface area contributed by atoms with Gasteiger partial charge in [0.25, 0.3) is 0 Å². The molecular formula is C27H42O3. The van der Waals surface area contributed by atoms with Crippen molar-refractivity contribution in [3.8, 4) is 0 Å². The Labute approximate surface area is 183 Å². The van der Waals surface area contributed by atoms with Crippen molar-refractivity contribution in [1.82, 2.24) is 0 Å². The largest absolute Gasteiger partial charge is 0.393 e. The summed E-state index contributed by atoms with van der Waals surface area (Å²) >= 11 is 0. The highest BCUT2D eigenvalue weighted by atomic mass is 16.3. The van der Waals surface area contributed by atoms with Gasteiger partial charge >= 0.3 is 0 Å². The quantitative estimate of drug-likeness (QED) is 0.390. The van der Waals surface area contributed by atoms with Crippen LogP contribution in [-0.2, 0) is 0 Å². The molecule has 3 heteroatoms. The van der Waals surface area contributed by atoms with Gasteiger partial charge in [0.05, 0.1) is 17.8 Å². The zero-order valence-corrected chi connectivity index (χ0v) is 19.2. The maximum atomic E-state index is 10.1. The molecule has 0 saturated heterocycles. The van der Waals surface area contributed by atoms with Crippen LogP contribution >= 0.6 is 0 Å². The van der Waals surface area contributed by atoms with Gasteiger partial charge < -0.3 is 15.3 Å². The number of unbranched alkanes of at least 4 members (excludes halogenated alkanes) is 1. The van der Waals surface area contributed by atoms with Gasteiger partial charge in [-0.15, -0.1) is 0 Å². The van der Waals surface area contributed by atoms with Gasteiger partial charge in [-0.1, -0.05) is 43.4 Å². The third-order valence-corrected chi connectivity index (χ3v) is 7.83. The van der Waals surface area contributed by atoms with Crippen molar-refractivity contribution in [2.45, 2.75) is 103 Å². The summed E-state index contributed by atoms with van der Waals surface area (Å²) in [5.41, 5.74) is 3.08. The maximum absolute atomic E-state index is 10.1. The third-order valence-electron chi connectivity index (χ3n) is 7.83. The van der Waals surface area contributed by atoms with Crippen LogP contribution in [0.3, 0.4) is 0 Å². The maximum Gasteiger partial charge on any atom is 0.0811 e. The van der Waals surface area contributed by atoms with E-state index in [1.165, 1.54) is 31.3 Å². The van der Waals surface area contributed by atoms with Gasteiger partial charge in [-0.05, 0) is 100 Å². The number of allylic oxidation sites excluding steroid dienone is 5. The fraction of sp³-hybridized carbons (Fsp3) is 0.704. The van der Waals surface area contributed by atoms with E-state index in [-0.39, 0.29) is 0 Å². The molecule has 3 aliphatic carbocycles. The monoisotopic (exact) mass is 414 g/mol. The smallest absolute Gasteiger partial charge is 0.0811 e. The molecule has 0 amide bonds. The standard InChI is InChI=1S/C27H42O3/c1-19-21(17-23(28)18-25(19)29)12-11-20-9-8-16-27(4)22(13-14-24(20)27)10-6-5-7-15-26(2,3)30/h6,10-12,22-25,28-30H,1,5,7-9,13-18H2,2-4H3/b10-6-,20-11+,21-12-/t22?,23-,24+,25+,27-/m1/s1. The summed E-state index contributed by atoms with van der Waals surface area (Å²) in [4.78, 5) is 0. The first-order valence-electron chi connectivity index (χ1n) is 11.9. The first-order valence-corrected chi connectivity index (χ1v) is 11.9. The van der Waals surface area contributed by atoms with Crippen LogP contribution in [0.5, 0.6) is 0 Å². The normalized spacial score (nSPS) is 38.0. The second kappa shape index (κ2) is 9.54. The van der Waals surface area contributed by atoms with Crippen LogP contribution in [0, 0.1) is 17.3 Å². The molecule has 0 aromatic carbocycles. The highest BCUT2D eigenvalue weighted by Crippen LogP contribution is 2.57. The highest BCUT2D eigenvalue weighted by molar-refractivity contribution is 5.38. The minimum atomic E-state index is -0.618. The van der Waals surface area contributed by atoms with Crippen molar-refractivity contribution >= 4 is 0 Å². The second-order valence-corrected chi connectivity index (χ2v) is 10.8. The third kappa shape index (κ3) is 5.55. The second-order valence-electron chi connectivity index (χ2n) is 10.8. The van der Waals surface area contributed by atoms with E-state index in [1.807, 2.05) is 13.8 Å². The summed E-state index contributed by atoms with van der Waals surface area (Å²) in [5.74, 6) is 1.26. The van der Waals surface area contributed by atoms with E-state index >= 15 is 0 Å². The minimum Gasteiger partial charge on any atom is -0.393 e. The topological polar surface area (TPSA) is 60.7 Å². The van der Waals surface area contributed by atoms with E-state index in [2.05, 4.69) is 37.8 Å². The number of hydrogen-bond donors (Lipinski definition) is 3. The van der Waals surface area contributed by atoms with Gasteiger partial charge in [0.15, 0.2) is 0 Å². The summed E-state index contributed by atoms with van der Waals surface area (Å²) in [6.45, 7) is 10.3. The molecule has 5 atom stereocenters. The number of aliphatic hydroxyl groups is 3. The van der Waals surface area contributed by atoms with Crippen molar-refractivity contribution in [2.24, 2.45) is 17.3 Å². The number of rotatable bonds is 6. The Morgan fingerprint density at radius 3 is 2.70 bits per heavy atom. The lowest BCUT2D eigenvalue weighted by Gasteiger charge is -2.41. The summed E-state index contributed by atoms with van der Waals surface area (Å²) in [6.07, 6.45) is 18.2. The van der Waals surface area contributed by atoms with Crippen LogP contribution in [0.1, 0.15) is 85.0 Å². The predicted molar refractivity (Wildman–Crippen MR) is 124 cm³/mol. The van der Waals surface area contributed by atoms with Crippen LogP contribution in [0.25, 0.3) is 0 Å². The molecule has 3 saturated carbocycles. The van der Waals surface area contributed by atoms with Gasteiger partial charge in [-0.2, -0.15) is 0 Å². The van der Waals surface area contributed by atoms with Gasteiger partial charge in [0.1, 0.15) is 0 Å². The Bertz CT molecular complexity index is 708. The number of aliphatic hydroxyl groups excluding tert-OH is 2. The Balaban J connectivity index is 1.66. The lowest BCUT2D eigenvalue weighted by atomic mass is 9.63. The zero-order valence-electron chi connectivity index (χ0n) is 19.2. The first kappa shape index (κ1) is 23.5. The van der Waals surface area contributed by atoms with Crippen LogP contribution < -0.4 is 0 Å². The molecule has 3 rings (SSSR count). The number of fused-ring (bicyclic) bond motifs is 1. The van der Waals surface area contributed by atoms with Crippen molar-refractivity contribution in [1.29, 1.82) is 0 Å². The van der Waals surface area contributed by atoms with E-state index in [4.69, 9.17) is 0 Å². The fourth-order valence-electron chi connectivity index (χ4n) is 5.97. The number of hydrogen-bond acceptors (Lipinski definition) is 3. The molecule has 0 aromatic heterocycles. The van der Waals surface area contributed by atoms with Crippen molar-refractivity contribution in [3.63, 3.8) is 0 Å². The molecule has 0 aliphatic heterocycles. The van der Waals surface area contributed by atoms with Crippen LogP contribution in [0.4, 0.5) is 0 Å². The van der Waals surface area contributed by atoms with Crippen LogP contribution in [0.15, 0.2) is 47.6 Å². The van der Waals surface area contributed by atoms with E-state index in [9.17, 15) is 15.3 Å². The molecule has 3 fully saturated rings. The average Bonchev–Trinajstić information content (AvgIpc) is 2.99. The Morgan fingerprint density at radius 1 is 1.20 bits per heavy atom. The van der Waals surface area contributed by atoms with E-state index in [1.54, 1.807) is 0 Å². The molecule has 3 nitrogen and oxygen atoms in total. The fourth-order valence-corrected chi connectivity index (χ4v) is 5.97. The molecule has 3 aliphatic rings.